The fourth-order valence-corrected chi connectivity index (χ4v) is 1.19. The van der Waals surface area contributed by atoms with Crippen LogP contribution in [0.3, 0.4) is 0 Å². The van der Waals surface area contributed by atoms with E-state index >= 15 is 0 Å². The number of nitrogens with two attached hydrogens (primary N) is 1. The summed E-state index contributed by atoms with van der Waals surface area (Å²) in [6.45, 7) is 0.313. The summed E-state index contributed by atoms with van der Waals surface area (Å²) >= 11 is 0. The average molecular weight is 249 g/mol. The largest absolute Gasteiger partial charge is 0.330 e. The molecule has 0 unspecified atom stereocenters. The SMILES string of the molecule is Br.CN(O)S(=O)(=O)CCCN. The Hall–Kier alpha value is 0.310. The lowest BCUT2D eigenvalue weighted by molar-refractivity contribution is 0.0310. The summed E-state index contributed by atoms with van der Waals surface area (Å²) in [6.07, 6.45) is 0.368. The Labute approximate surface area is 77.0 Å². The molecule has 0 saturated heterocycles. The first kappa shape index (κ1) is 13.9. The van der Waals surface area contributed by atoms with Crippen molar-refractivity contribution in [3.05, 3.63) is 0 Å². The van der Waals surface area contributed by atoms with Crippen LogP contribution in [0.4, 0.5) is 0 Å². The van der Waals surface area contributed by atoms with Gasteiger partial charge in [-0.3, -0.25) is 5.21 Å². The normalized spacial score (nSPS) is 11.3. The molecule has 0 atom stereocenters. The molecule has 70 valence electrons. The molecule has 0 amide bonds. The number of rotatable bonds is 4. The Morgan fingerprint density at radius 1 is 1.55 bits per heavy atom. The molecular weight excluding hydrogens is 236 g/mol. The zero-order chi connectivity index (χ0) is 8.20. The second-order valence-corrected chi connectivity index (χ2v) is 3.99. The van der Waals surface area contributed by atoms with E-state index in [0.717, 1.165) is 7.05 Å². The maximum atomic E-state index is 10.7. The van der Waals surface area contributed by atoms with Gasteiger partial charge in [-0.25, -0.2) is 8.42 Å². The number of hydrogen-bond acceptors (Lipinski definition) is 4. The molecule has 0 aromatic carbocycles. The van der Waals surface area contributed by atoms with Gasteiger partial charge >= 0.3 is 0 Å². The van der Waals surface area contributed by atoms with Gasteiger partial charge < -0.3 is 5.73 Å². The van der Waals surface area contributed by atoms with Gasteiger partial charge in [0.2, 0.25) is 10.0 Å². The molecule has 0 aliphatic heterocycles. The molecule has 0 saturated carbocycles. The van der Waals surface area contributed by atoms with Crippen LogP contribution in [-0.2, 0) is 10.0 Å². The topological polar surface area (TPSA) is 83.6 Å². The molecule has 11 heavy (non-hydrogen) atoms. The number of hydrogen-bond donors (Lipinski definition) is 2. The fraction of sp³-hybridized carbons (Fsp3) is 1.00. The van der Waals surface area contributed by atoms with Crippen LogP contribution in [0.15, 0.2) is 0 Å². The third-order valence-corrected chi connectivity index (χ3v) is 2.62. The van der Waals surface area contributed by atoms with Gasteiger partial charge in [0.15, 0.2) is 0 Å². The standard InChI is InChI=1S/C4H12N2O3S.BrH/c1-6(7)10(8,9)4-2-3-5;/h7H,2-5H2,1H3;1H. The van der Waals surface area contributed by atoms with Crippen LogP contribution in [-0.4, -0.2) is 37.4 Å². The number of hydroxylamine groups is 1. The minimum Gasteiger partial charge on any atom is -0.330 e. The van der Waals surface area contributed by atoms with Crippen LogP contribution in [0.2, 0.25) is 0 Å². The lowest BCUT2D eigenvalue weighted by Gasteiger charge is -2.07. The molecule has 0 rings (SSSR count). The summed E-state index contributed by atoms with van der Waals surface area (Å²) in [5, 5.41) is 8.51. The summed E-state index contributed by atoms with van der Waals surface area (Å²) in [6, 6.07) is 0. The molecule has 0 aliphatic carbocycles. The number of halogens is 1. The highest BCUT2D eigenvalue weighted by molar-refractivity contribution is 8.93. The first-order valence-corrected chi connectivity index (χ1v) is 4.47. The second kappa shape index (κ2) is 5.90. The molecule has 0 aliphatic rings. The van der Waals surface area contributed by atoms with Gasteiger partial charge in [-0.1, -0.05) is 4.47 Å². The molecule has 0 fully saturated rings. The van der Waals surface area contributed by atoms with E-state index in [-0.39, 0.29) is 27.2 Å². The van der Waals surface area contributed by atoms with E-state index in [0.29, 0.717) is 13.0 Å². The third kappa shape index (κ3) is 5.57. The minimum absolute atomic E-state index is 0. The average Bonchev–Trinajstić information content (AvgIpc) is 1.84. The Kier molecular flexibility index (Phi) is 7.44. The van der Waals surface area contributed by atoms with E-state index in [1.54, 1.807) is 0 Å². The van der Waals surface area contributed by atoms with E-state index < -0.39 is 10.0 Å². The predicted octanol–water partition coefficient (Wildman–Crippen LogP) is -0.436. The van der Waals surface area contributed by atoms with Gasteiger partial charge in [-0.2, -0.15) is 0 Å². The fourth-order valence-electron chi connectivity index (χ4n) is 0.398. The van der Waals surface area contributed by atoms with Crippen molar-refractivity contribution in [2.45, 2.75) is 6.42 Å². The van der Waals surface area contributed by atoms with E-state index in [9.17, 15) is 8.42 Å². The minimum atomic E-state index is -3.45. The second-order valence-electron chi connectivity index (χ2n) is 1.89. The van der Waals surface area contributed by atoms with Crippen molar-refractivity contribution in [3.8, 4) is 0 Å². The van der Waals surface area contributed by atoms with Crippen LogP contribution >= 0.6 is 17.0 Å². The highest BCUT2D eigenvalue weighted by Gasteiger charge is 2.13. The summed E-state index contributed by atoms with van der Waals surface area (Å²) in [5.41, 5.74) is 5.07. The van der Waals surface area contributed by atoms with Crippen LogP contribution in [0.1, 0.15) is 6.42 Å². The van der Waals surface area contributed by atoms with E-state index in [4.69, 9.17) is 10.9 Å². The summed E-state index contributed by atoms with van der Waals surface area (Å²) in [7, 11) is -2.38. The lowest BCUT2D eigenvalue weighted by atomic mass is 10.5. The van der Waals surface area contributed by atoms with Crippen LogP contribution in [0.25, 0.3) is 0 Å². The van der Waals surface area contributed by atoms with Gasteiger partial charge in [0, 0.05) is 7.05 Å². The van der Waals surface area contributed by atoms with Gasteiger partial charge in [0.25, 0.3) is 0 Å². The Morgan fingerprint density at radius 2 is 2.00 bits per heavy atom. The number of sulfonamides is 1. The Balaban J connectivity index is 0. The van der Waals surface area contributed by atoms with Gasteiger partial charge in [-0.15, -0.1) is 17.0 Å². The summed E-state index contributed by atoms with van der Waals surface area (Å²) in [4.78, 5) is 0. The van der Waals surface area contributed by atoms with Crippen LogP contribution in [0.5, 0.6) is 0 Å². The van der Waals surface area contributed by atoms with E-state index in [1.807, 2.05) is 0 Å². The first-order valence-electron chi connectivity index (χ1n) is 2.86. The van der Waals surface area contributed by atoms with Gasteiger partial charge in [0.1, 0.15) is 0 Å². The monoisotopic (exact) mass is 248 g/mol. The highest BCUT2D eigenvalue weighted by Crippen LogP contribution is 1.94. The highest BCUT2D eigenvalue weighted by atomic mass is 79.9. The van der Waals surface area contributed by atoms with Crippen molar-refractivity contribution < 1.29 is 13.6 Å². The lowest BCUT2D eigenvalue weighted by Crippen LogP contribution is -2.26. The molecule has 0 aromatic heterocycles. The van der Waals surface area contributed by atoms with Crippen molar-refractivity contribution in [2.75, 3.05) is 19.3 Å². The maximum absolute atomic E-state index is 10.7. The van der Waals surface area contributed by atoms with Crippen LogP contribution in [0, 0.1) is 0 Å². The van der Waals surface area contributed by atoms with Crippen molar-refractivity contribution in [3.63, 3.8) is 0 Å². The van der Waals surface area contributed by atoms with Gasteiger partial charge in [0.05, 0.1) is 5.75 Å². The molecule has 0 spiro atoms. The molecule has 7 heteroatoms. The Morgan fingerprint density at radius 3 is 2.27 bits per heavy atom. The molecule has 5 nitrogen and oxygen atoms in total. The Bertz CT molecular complexity index is 180. The van der Waals surface area contributed by atoms with Crippen molar-refractivity contribution in [1.29, 1.82) is 0 Å². The quantitative estimate of drug-likeness (QED) is 0.662. The zero-order valence-electron chi connectivity index (χ0n) is 6.23. The van der Waals surface area contributed by atoms with E-state index in [1.165, 1.54) is 0 Å². The third-order valence-electron chi connectivity index (χ3n) is 1.01. The summed E-state index contributed by atoms with van der Waals surface area (Å²) in [5.74, 6) is -0.101. The first-order chi connectivity index (χ1) is 4.50. The molecule has 0 aromatic rings. The molecular formula is C4H13BrN2O3S. The summed E-state index contributed by atoms with van der Waals surface area (Å²) < 4.78 is 21.6. The van der Waals surface area contributed by atoms with Crippen LogP contribution < -0.4 is 5.73 Å². The van der Waals surface area contributed by atoms with Gasteiger partial charge in [-0.05, 0) is 13.0 Å². The van der Waals surface area contributed by atoms with Crippen molar-refractivity contribution in [1.82, 2.24) is 4.47 Å². The molecule has 0 radical (unpaired) electrons. The molecule has 0 bridgehead atoms. The number of nitrogens with zero attached hydrogens (tertiary/aromatic N) is 1. The van der Waals surface area contributed by atoms with E-state index in [2.05, 4.69) is 0 Å². The smallest absolute Gasteiger partial charge is 0.235 e. The predicted molar refractivity (Wildman–Crippen MR) is 47.3 cm³/mol. The van der Waals surface area contributed by atoms with Crippen molar-refractivity contribution >= 4 is 27.0 Å². The zero-order valence-corrected chi connectivity index (χ0v) is 8.76. The maximum Gasteiger partial charge on any atom is 0.235 e. The molecule has 0 heterocycles. The molecule has 3 N–H and O–H groups in total. The van der Waals surface area contributed by atoms with Crippen molar-refractivity contribution in [2.24, 2.45) is 5.73 Å².